The maximum atomic E-state index is 12.1. The summed E-state index contributed by atoms with van der Waals surface area (Å²) in [5.41, 5.74) is 5.17. The molecular weight excluding hydrogens is 346 g/mol. The highest BCUT2D eigenvalue weighted by Crippen LogP contribution is 2.35. The molecule has 1 saturated heterocycles. The summed E-state index contributed by atoms with van der Waals surface area (Å²) in [7, 11) is 0. The van der Waals surface area contributed by atoms with Crippen molar-refractivity contribution in [3.05, 3.63) is 18.2 Å². The second-order valence-electron chi connectivity index (χ2n) is 5.73. The third kappa shape index (κ3) is 4.86. The largest absolute Gasteiger partial charge is 0.481 e. The van der Waals surface area contributed by atoms with Crippen molar-refractivity contribution in [3.63, 3.8) is 0 Å². The Kier molecular flexibility index (Phi) is 5.77. The van der Waals surface area contributed by atoms with Crippen molar-refractivity contribution < 1.29 is 23.7 Å². The number of rotatable bonds is 5. The van der Waals surface area contributed by atoms with Gasteiger partial charge in [0.2, 0.25) is 6.79 Å². The molecule has 2 aliphatic heterocycles. The predicted octanol–water partition coefficient (Wildman–Crippen LogP) is 0.857. The van der Waals surface area contributed by atoms with Gasteiger partial charge in [0.15, 0.2) is 22.7 Å². The molecule has 1 aromatic carbocycles. The Morgan fingerprint density at radius 3 is 3.00 bits per heavy atom. The van der Waals surface area contributed by atoms with Crippen LogP contribution in [0.1, 0.15) is 19.8 Å². The lowest BCUT2D eigenvalue weighted by molar-refractivity contribution is -0.127. The monoisotopic (exact) mass is 367 g/mol. The molecule has 8 nitrogen and oxygen atoms in total. The minimum atomic E-state index is -0.714. The molecule has 2 atom stereocenters. The molecule has 2 heterocycles. The van der Waals surface area contributed by atoms with Crippen LogP contribution >= 0.6 is 12.2 Å². The third-order valence-corrected chi connectivity index (χ3v) is 4.09. The molecule has 1 aromatic rings. The fraction of sp³-hybridized carbons (Fsp3) is 0.500. The average molecular weight is 367 g/mol. The van der Waals surface area contributed by atoms with E-state index in [2.05, 4.69) is 16.2 Å². The molecule has 0 aliphatic carbocycles. The Hall–Kier alpha value is -2.26. The lowest BCUT2D eigenvalue weighted by Gasteiger charge is -2.17. The fourth-order valence-corrected chi connectivity index (χ4v) is 2.62. The van der Waals surface area contributed by atoms with E-state index in [1.807, 2.05) is 0 Å². The van der Waals surface area contributed by atoms with Crippen molar-refractivity contribution in [2.75, 3.05) is 19.9 Å². The van der Waals surface area contributed by atoms with Crippen molar-refractivity contribution in [2.24, 2.45) is 0 Å². The highest BCUT2D eigenvalue weighted by molar-refractivity contribution is 7.80. The molecule has 0 bridgehead atoms. The van der Waals surface area contributed by atoms with Crippen LogP contribution in [0.5, 0.6) is 17.2 Å². The van der Waals surface area contributed by atoms with E-state index in [1.165, 1.54) is 0 Å². The number of nitrogens with one attached hydrogen (secondary N) is 3. The van der Waals surface area contributed by atoms with E-state index in [9.17, 15) is 4.79 Å². The fourth-order valence-electron chi connectivity index (χ4n) is 2.48. The first-order valence-corrected chi connectivity index (χ1v) is 8.54. The van der Waals surface area contributed by atoms with Crippen LogP contribution in [0.3, 0.4) is 0 Å². The molecule has 2 aliphatic rings. The molecule has 1 amide bonds. The van der Waals surface area contributed by atoms with Gasteiger partial charge in [-0.2, -0.15) is 0 Å². The quantitative estimate of drug-likeness (QED) is 0.522. The summed E-state index contributed by atoms with van der Waals surface area (Å²) in [6.07, 6.45) is 1.54. The summed E-state index contributed by atoms with van der Waals surface area (Å²) >= 11 is 5.11. The molecule has 3 rings (SSSR count). The molecule has 1 fully saturated rings. The van der Waals surface area contributed by atoms with E-state index in [4.69, 9.17) is 31.2 Å². The zero-order valence-corrected chi connectivity index (χ0v) is 14.7. The van der Waals surface area contributed by atoms with E-state index < -0.39 is 6.10 Å². The van der Waals surface area contributed by atoms with Gasteiger partial charge in [0.1, 0.15) is 5.75 Å². The number of hydrazine groups is 1. The first kappa shape index (κ1) is 17.6. The summed E-state index contributed by atoms with van der Waals surface area (Å²) < 4.78 is 21.6. The van der Waals surface area contributed by atoms with E-state index in [0.717, 1.165) is 19.4 Å². The number of fused-ring (bicyclic) bond motifs is 1. The van der Waals surface area contributed by atoms with E-state index in [0.29, 0.717) is 28.9 Å². The normalized spacial score (nSPS) is 19.2. The van der Waals surface area contributed by atoms with Gasteiger partial charge >= 0.3 is 0 Å². The van der Waals surface area contributed by atoms with Gasteiger partial charge in [-0.1, -0.05) is 0 Å². The van der Waals surface area contributed by atoms with Crippen LogP contribution < -0.4 is 30.4 Å². The lowest BCUT2D eigenvalue weighted by atomic mass is 10.2. The molecular formula is C16H21N3O5S. The Morgan fingerprint density at radius 1 is 1.36 bits per heavy atom. The standard InChI is InChI=1S/C16H21N3O5S/c1-10(24-11-4-5-13-14(7-11)23-9-22-13)15(20)18-19-16(25)17-8-12-3-2-6-21-12/h4-5,7,10,12H,2-3,6,8-9H2,1H3,(H,18,20)(H2,17,19,25)/t10-,12-/m1/s1. The first-order chi connectivity index (χ1) is 12.1. The zero-order chi connectivity index (χ0) is 17.6. The van der Waals surface area contributed by atoms with Crippen LogP contribution in [0.25, 0.3) is 0 Å². The van der Waals surface area contributed by atoms with Gasteiger partial charge in [-0.3, -0.25) is 15.6 Å². The van der Waals surface area contributed by atoms with Crippen LogP contribution in [0.4, 0.5) is 0 Å². The van der Waals surface area contributed by atoms with Crippen molar-refractivity contribution >= 4 is 23.2 Å². The summed E-state index contributed by atoms with van der Waals surface area (Å²) in [5.74, 6) is 1.43. The molecule has 9 heteroatoms. The number of thiocarbonyl (C=S) groups is 1. The number of amides is 1. The maximum absolute atomic E-state index is 12.1. The van der Waals surface area contributed by atoms with Crippen LogP contribution in [0, 0.1) is 0 Å². The Labute approximate surface area is 151 Å². The lowest BCUT2D eigenvalue weighted by Crippen LogP contribution is -2.51. The number of benzene rings is 1. The first-order valence-electron chi connectivity index (χ1n) is 8.13. The van der Waals surface area contributed by atoms with Gasteiger partial charge in [0.05, 0.1) is 6.10 Å². The second-order valence-corrected chi connectivity index (χ2v) is 6.14. The number of carbonyl (C=O) groups excluding carboxylic acids is 1. The minimum Gasteiger partial charge on any atom is -0.481 e. The summed E-state index contributed by atoms with van der Waals surface area (Å²) in [6.45, 7) is 3.24. The minimum absolute atomic E-state index is 0.170. The van der Waals surface area contributed by atoms with Gasteiger partial charge in [0, 0.05) is 19.2 Å². The molecule has 0 spiro atoms. The van der Waals surface area contributed by atoms with Gasteiger partial charge in [-0.05, 0) is 44.1 Å². The van der Waals surface area contributed by atoms with Gasteiger partial charge in [-0.25, -0.2) is 0 Å². The number of carbonyl (C=O) groups is 1. The van der Waals surface area contributed by atoms with Crippen LogP contribution in [0.15, 0.2) is 18.2 Å². The number of hydrogen-bond acceptors (Lipinski definition) is 6. The topological polar surface area (TPSA) is 90.1 Å². The van der Waals surface area contributed by atoms with Crippen LogP contribution in [0.2, 0.25) is 0 Å². The Balaban J connectivity index is 1.39. The number of hydrogen-bond donors (Lipinski definition) is 3. The number of ether oxygens (including phenoxy) is 4. The third-order valence-electron chi connectivity index (χ3n) is 3.84. The van der Waals surface area contributed by atoms with Crippen molar-refractivity contribution in [3.8, 4) is 17.2 Å². The van der Waals surface area contributed by atoms with Crippen molar-refractivity contribution in [2.45, 2.75) is 32.0 Å². The summed E-state index contributed by atoms with van der Waals surface area (Å²) in [6, 6.07) is 5.15. The Morgan fingerprint density at radius 2 is 2.20 bits per heavy atom. The molecule has 25 heavy (non-hydrogen) atoms. The summed E-state index contributed by atoms with van der Waals surface area (Å²) in [4.78, 5) is 12.1. The van der Waals surface area contributed by atoms with Crippen LogP contribution in [-0.4, -0.2) is 43.2 Å². The average Bonchev–Trinajstić information content (AvgIpc) is 3.28. The zero-order valence-electron chi connectivity index (χ0n) is 13.9. The highest BCUT2D eigenvalue weighted by Gasteiger charge is 2.19. The second kappa shape index (κ2) is 8.21. The molecule has 3 N–H and O–H groups in total. The van der Waals surface area contributed by atoms with Gasteiger partial charge in [0.25, 0.3) is 5.91 Å². The highest BCUT2D eigenvalue weighted by atomic mass is 32.1. The Bertz CT molecular complexity index is 636. The van der Waals surface area contributed by atoms with E-state index in [-0.39, 0.29) is 18.8 Å². The maximum Gasteiger partial charge on any atom is 0.279 e. The molecule has 0 aromatic heterocycles. The molecule has 136 valence electrons. The van der Waals surface area contributed by atoms with Gasteiger partial charge in [-0.15, -0.1) is 0 Å². The van der Waals surface area contributed by atoms with Gasteiger partial charge < -0.3 is 24.3 Å². The molecule has 0 unspecified atom stereocenters. The van der Waals surface area contributed by atoms with Crippen molar-refractivity contribution in [1.29, 1.82) is 0 Å². The molecule has 0 radical (unpaired) electrons. The smallest absolute Gasteiger partial charge is 0.279 e. The van der Waals surface area contributed by atoms with Crippen LogP contribution in [-0.2, 0) is 9.53 Å². The molecule has 0 saturated carbocycles. The SMILES string of the molecule is C[C@@H](Oc1ccc2c(c1)OCO2)C(=O)NNC(=S)NC[C@H]1CCCO1. The van der Waals surface area contributed by atoms with E-state index in [1.54, 1.807) is 25.1 Å². The van der Waals surface area contributed by atoms with E-state index >= 15 is 0 Å². The van der Waals surface area contributed by atoms with Crippen molar-refractivity contribution in [1.82, 2.24) is 16.2 Å². The summed E-state index contributed by atoms with van der Waals surface area (Å²) in [5, 5.41) is 3.34. The predicted molar refractivity (Wildman–Crippen MR) is 93.5 cm³/mol.